The summed E-state index contributed by atoms with van der Waals surface area (Å²) in [4.78, 5) is 132. The molecule has 0 aliphatic carbocycles. The van der Waals surface area contributed by atoms with E-state index in [0.29, 0.717) is 0 Å². The van der Waals surface area contributed by atoms with Gasteiger partial charge in [-0.15, -0.1) is 0 Å². The van der Waals surface area contributed by atoms with Crippen molar-refractivity contribution in [1.29, 1.82) is 0 Å². The molecule has 38 heavy (non-hydrogen) atoms. The third kappa shape index (κ3) is 5.39. The summed E-state index contributed by atoms with van der Waals surface area (Å²) in [7, 11) is 0. The van der Waals surface area contributed by atoms with Gasteiger partial charge < -0.3 is 9.47 Å². The lowest BCUT2D eigenvalue weighted by Crippen LogP contribution is -2.67. The molecule has 204 valence electrons. The molecule has 3 heterocycles. The minimum atomic E-state index is -3.17. The first-order chi connectivity index (χ1) is 17.8. The van der Waals surface area contributed by atoms with E-state index < -0.39 is 88.0 Å². The molecule has 0 saturated heterocycles. The fourth-order valence-corrected chi connectivity index (χ4v) is 3.25. The minimum absolute atomic E-state index is 0.0661. The van der Waals surface area contributed by atoms with Crippen molar-refractivity contribution in [2.75, 3.05) is 13.2 Å². The number of thiol groups is 1. The molecule has 3 aromatic heterocycles. The van der Waals surface area contributed by atoms with E-state index in [4.69, 9.17) is 9.47 Å². The fourth-order valence-electron chi connectivity index (χ4n) is 3.18. The number of aromatic nitrogens is 9. The molecule has 0 bridgehead atoms. The lowest BCUT2D eigenvalue weighted by molar-refractivity contribution is -0.171. The fraction of sp³-hybridized carbons (Fsp3) is 0.375. The van der Waals surface area contributed by atoms with Gasteiger partial charge in [-0.05, 0) is 6.92 Å². The standard InChI is InChI=1S/C16H17N9O12S/c1-5(38)6(26)36-2-3-37-16(24-12(32)19-8(28)20-13(24)33,25-14(34)21-9(29)22-15(25)35)4-23-10(30)17-7(27)18-11(23)31/h5,38H,2-4H2,1H3,(H2,17,18,27,30,31)(H2,19,20,28,32,33)(H2,21,22,29,34,35). The van der Waals surface area contributed by atoms with Crippen LogP contribution >= 0.6 is 12.6 Å². The van der Waals surface area contributed by atoms with Crippen molar-refractivity contribution in [3.8, 4) is 0 Å². The van der Waals surface area contributed by atoms with E-state index in [1.807, 2.05) is 0 Å². The maximum atomic E-state index is 12.8. The van der Waals surface area contributed by atoms with Crippen LogP contribution in [-0.2, 0) is 26.7 Å². The largest absolute Gasteiger partial charge is 0.462 e. The van der Waals surface area contributed by atoms with Crippen LogP contribution in [0.15, 0.2) is 43.2 Å². The van der Waals surface area contributed by atoms with E-state index in [9.17, 15) is 47.9 Å². The highest BCUT2D eigenvalue weighted by Gasteiger charge is 2.44. The Morgan fingerprint density at radius 1 is 0.711 bits per heavy atom. The number of rotatable bonds is 9. The Hall–Kier alpha value is -4.99. The molecular weight excluding hydrogens is 542 g/mol. The number of ether oxygens (including phenoxy) is 2. The highest BCUT2D eigenvalue weighted by Crippen LogP contribution is 2.16. The van der Waals surface area contributed by atoms with Crippen LogP contribution in [0.3, 0.4) is 0 Å². The van der Waals surface area contributed by atoms with Gasteiger partial charge in [-0.25, -0.2) is 47.7 Å². The number of hydrogen-bond acceptors (Lipinski definition) is 13. The van der Waals surface area contributed by atoms with Crippen molar-refractivity contribution in [2.45, 2.75) is 24.6 Å². The second-order valence-electron chi connectivity index (χ2n) is 7.26. The third-order valence-electron chi connectivity index (χ3n) is 4.69. The molecule has 0 amide bonds. The van der Waals surface area contributed by atoms with Gasteiger partial charge in [0.05, 0.1) is 11.9 Å². The molecule has 0 radical (unpaired) electrons. The van der Waals surface area contributed by atoms with Gasteiger partial charge in [-0.3, -0.25) is 34.7 Å². The first-order valence-electron chi connectivity index (χ1n) is 10.1. The zero-order valence-electron chi connectivity index (χ0n) is 18.9. The van der Waals surface area contributed by atoms with Gasteiger partial charge in [0.1, 0.15) is 13.2 Å². The number of hydrogen-bond donors (Lipinski definition) is 7. The van der Waals surface area contributed by atoms with Crippen LogP contribution in [-0.4, -0.2) is 68.0 Å². The number of nitrogens with zero attached hydrogens (tertiary/aromatic N) is 3. The number of nitrogens with one attached hydrogen (secondary N) is 6. The number of aromatic amines is 6. The quantitative estimate of drug-likeness (QED) is 0.0731. The zero-order chi connectivity index (χ0) is 28.4. The number of esters is 1. The van der Waals surface area contributed by atoms with Gasteiger partial charge in [0.25, 0.3) is 5.85 Å². The predicted octanol–water partition coefficient (Wildman–Crippen LogP) is -6.96. The Morgan fingerprint density at radius 3 is 1.45 bits per heavy atom. The molecule has 6 N–H and O–H groups in total. The molecule has 0 spiro atoms. The summed E-state index contributed by atoms with van der Waals surface area (Å²) in [6.07, 6.45) is 0. The van der Waals surface area contributed by atoms with E-state index in [2.05, 4.69) is 12.6 Å². The van der Waals surface area contributed by atoms with Crippen LogP contribution in [0.5, 0.6) is 0 Å². The molecule has 22 heteroatoms. The molecular formula is C16H17N9O12S. The van der Waals surface area contributed by atoms with Crippen molar-refractivity contribution < 1.29 is 14.3 Å². The van der Waals surface area contributed by atoms with Crippen LogP contribution in [0.1, 0.15) is 6.92 Å². The second kappa shape index (κ2) is 10.6. The summed E-state index contributed by atoms with van der Waals surface area (Å²) in [5.41, 5.74) is -13.3. The van der Waals surface area contributed by atoms with Crippen molar-refractivity contribution >= 4 is 18.6 Å². The average molecular weight is 559 g/mol. The van der Waals surface area contributed by atoms with Crippen LogP contribution < -0.4 is 51.2 Å². The lowest BCUT2D eigenvalue weighted by Gasteiger charge is -2.34. The van der Waals surface area contributed by atoms with E-state index in [1.54, 1.807) is 29.9 Å². The molecule has 0 fully saturated rings. The van der Waals surface area contributed by atoms with Crippen LogP contribution in [0, 0.1) is 0 Å². The van der Waals surface area contributed by atoms with Crippen LogP contribution in [0.25, 0.3) is 0 Å². The Kier molecular flexibility index (Phi) is 7.66. The van der Waals surface area contributed by atoms with E-state index >= 15 is 0 Å². The van der Waals surface area contributed by atoms with Crippen molar-refractivity contribution in [2.24, 2.45) is 0 Å². The van der Waals surface area contributed by atoms with Crippen LogP contribution in [0.2, 0.25) is 0 Å². The summed E-state index contributed by atoms with van der Waals surface area (Å²) in [6, 6.07) is 0. The Labute approximate surface area is 209 Å². The maximum Gasteiger partial charge on any atom is 0.337 e. The molecule has 0 aliphatic heterocycles. The van der Waals surface area contributed by atoms with Gasteiger partial charge in [-0.2, -0.15) is 21.8 Å². The highest BCUT2D eigenvalue weighted by atomic mass is 32.1. The molecule has 0 aliphatic rings. The molecule has 1 atom stereocenters. The van der Waals surface area contributed by atoms with Crippen molar-refractivity contribution in [3.63, 3.8) is 0 Å². The van der Waals surface area contributed by atoms with Gasteiger partial charge >= 0.3 is 57.2 Å². The SMILES string of the molecule is CC(S)C(=O)OCCOC(Cn1c(=O)[nH]c(=O)[nH]c1=O)(n1c(=O)[nH]c(=O)[nH]c1=O)n1c(=O)[nH]c(=O)[nH]c1=O. The van der Waals surface area contributed by atoms with E-state index in [1.165, 1.54) is 6.92 Å². The second-order valence-corrected chi connectivity index (χ2v) is 8.03. The van der Waals surface area contributed by atoms with Gasteiger partial charge in [-0.1, -0.05) is 0 Å². The number of carbonyl (C=O) groups excluding carboxylic acids is 1. The lowest BCUT2D eigenvalue weighted by atomic mass is 10.3. The zero-order valence-corrected chi connectivity index (χ0v) is 19.8. The first-order valence-corrected chi connectivity index (χ1v) is 10.6. The van der Waals surface area contributed by atoms with Gasteiger partial charge in [0.15, 0.2) is 0 Å². The molecule has 3 aromatic rings. The van der Waals surface area contributed by atoms with E-state index in [0.717, 1.165) is 0 Å². The summed E-state index contributed by atoms with van der Waals surface area (Å²) in [5, 5.41) is -0.896. The Bertz CT molecular complexity index is 1730. The summed E-state index contributed by atoms with van der Waals surface area (Å²) in [6.45, 7) is -1.52. The Balaban J connectivity index is 2.42. The summed E-state index contributed by atoms with van der Waals surface area (Å²) in [5.74, 6) is -4.02. The normalized spacial score (nSPS) is 12.3. The Morgan fingerprint density at radius 2 is 1.08 bits per heavy atom. The van der Waals surface area contributed by atoms with Crippen molar-refractivity contribution in [3.05, 3.63) is 94.4 Å². The smallest absolute Gasteiger partial charge is 0.337 e. The number of H-pyrrole nitrogens is 6. The maximum absolute atomic E-state index is 12.8. The first kappa shape index (κ1) is 27.6. The monoisotopic (exact) mass is 559 g/mol. The average Bonchev–Trinajstić information content (AvgIpc) is 2.77. The topological polar surface area (TPSA) is 299 Å². The van der Waals surface area contributed by atoms with Gasteiger partial charge in [0, 0.05) is 0 Å². The minimum Gasteiger partial charge on any atom is -0.462 e. The summed E-state index contributed by atoms with van der Waals surface area (Å²) < 4.78 is 10.4. The van der Waals surface area contributed by atoms with Crippen molar-refractivity contribution in [1.82, 2.24) is 43.6 Å². The number of carbonyl (C=O) groups is 1. The predicted molar refractivity (Wildman–Crippen MR) is 125 cm³/mol. The molecule has 0 saturated carbocycles. The molecule has 21 nitrogen and oxygen atoms in total. The summed E-state index contributed by atoms with van der Waals surface area (Å²) >= 11 is 3.87. The molecule has 1 unspecified atom stereocenters. The third-order valence-corrected chi connectivity index (χ3v) is 4.90. The van der Waals surface area contributed by atoms with Gasteiger partial charge in [0.2, 0.25) is 0 Å². The molecule has 0 aromatic carbocycles. The van der Waals surface area contributed by atoms with Crippen LogP contribution in [0.4, 0.5) is 0 Å². The van der Waals surface area contributed by atoms with E-state index in [-0.39, 0.29) is 13.7 Å². The highest BCUT2D eigenvalue weighted by molar-refractivity contribution is 7.81. The molecule has 3 rings (SSSR count).